The molecular weight excluding hydrogens is 272 g/mol. The van der Waals surface area contributed by atoms with Gasteiger partial charge in [-0.3, -0.25) is 0 Å². The van der Waals surface area contributed by atoms with Gasteiger partial charge in [0.05, 0.1) is 7.11 Å². The SMILES string of the molecule is COc1ccc([C@@H](C)NC(C)c2ccc(F)c(F)c2)cc1. The molecule has 0 aromatic heterocycles. The van der Waals surface area contributed by atoms with Crippen LogP contribution in [0.15, 0.2) is 42.5 Å². The molecule has 0 radical (unpaired) electrons. The molecule has 0 amide bonds. The van der Waals surface area contributed by atoms with Gasteiger partial charge in [0.2, 0.25) is 0 Å². The van der Waals surface area contributed by atoms with Crippen molar-refractivity contribution in [3.05, 3.63) is 65.2 Å². The number of hydrogen-bond acceptors (Lipinski definition) is 2. The Morgan fingerprint density at radius 2 is 1.43 bits per heavy atom. The van der Waals surface area contributed by atoms with Gasteiger partial charge in [-0.1, -0.05) is 18.2 Å². The average Bonchev–Trinajstić information content (AvgIpc) is 2.50. The van der Waals surface area contributed by atoms with Crippen molar-refractivity contribution < 1.29 is 13.5 Å². The Morgan fingerprint density at radius 1 is 0.857 bits per heavy atom. The Kier molecular flexibility index (Phi) is 4.91. The second kappa shape index (κ2) is 6.68. The van der Waals surface area contributed by atoms with Gasteiger partial charge in [-0.2, -0.15) is 0 Å². The largest absolute Gasteiger partial charge is 0.497 e. The van der Waals surface area contributed by atoms with Crippen molar-refractivity contribution in [2.45, 2.75) is 25.9 Å². The summed E-state index contributed by atoms with van der Waals surface area (Å²) in [4.78, 5) is 0. The Labute approximate surface area is 123 Å². The lowest BCUT2D eigenvalue weighted by Crippen LogP contribution is -2.22. The molecule has 0 spiro atoms. The molecule has 21 heavy (non-hydrogen) atoms. The summed E-state index contributed by atoms with van der Waals surface area (Å²) < 4.78 is 31.3. The van der Waals surface area contributed by atoms with Crippen molar-refractivity contribution in [2.75, 3.05) is 7.11 Å². The molecule has 2 aromatic rings. The number of ether oxygens (including phenoxy) is 1. The van der Waals surface area contributed by atoms with Crippen LogP contribution in [0.25, 0.3) is 0 Å². The fourth-order valence-corrected chi connectivity index (χ4v) is 2.24. The van der Waals surface area contributed by atoms with E-state index in [0.717, 1.165) is 17.4 Å². The minimum absolute atomic E-state index is 0.0824. The fourth-order valence-electron chi connectivity index (χ4n) is 2.24. The smallest absolute Gasteiger partial charge is 0.159 e. The summed E-state index contributed by atoms with van der Waals surface area (Å²) in [6.07, 6.45) is 0. The molecule has 2 rings (SSSR count). The molecule has 0 aliphatic heterocycles. The van der Waals surface area contributed by atoms with Crippen molar-refractivity contribution in [2.24, 2.45) is 0 Å². The van der Waals surface area contributed by atoms with Gasteiger partial charge in [0.15, 0.2) is 11.6 Å². The summed E-state index contributed by atoms with van der Waals surface area (Å²) in [5.41, 5.74) is 1.82. The normalized spacial score (nSPS) is 13.8. The van der Waals surface area contributed by atoms with Crippen LogP contribution in [0.5, 0.6) is 5.75 Å². The molecular formula is C17H19F2NO. The average molecular weight is 291 g/mol. The van der Waals surface area contributed by atoms with E-state index in [1.807, 2.05) is 38.1 Å². The molecule has 0 aliphatic rings. The van der Waals surface area contributed by atoms with Crippen LogP contribution in [-0.4, -0.2) is 7.11 Å². The predicted molar refractivity (Wildman–Crippen MR) is 79.3 cm³/mol. The number of halogens is 2. The minimum atomic E-state index is -0.825. The Balaban J connectivity index is 2.06. The molecule has 1 unspecified atom stereocenters. The molecule has 4 heteroatoms. The van der Waals surface area contributed by atoms with Crippen LogP contribution in [0.2, 0.25) is 0 Å². The third-order valence-electron chi connectivity index (χ3n) is 3.56. The Morgan fingerprint density at radius 3 is 2.00 bits per heavy atom. The zero-order valence-electron chi connectivity index (χ0n) is 12.4. The van der Waals surface area contributed by atoms with Gasteiger partial charge in [-0.05, 0) is 49.2 Å². The molecule has 0 fully saturated rings. The molecule has 0 saturated carbocycles. The number of rotatable bonds is 5. The number of methoxy groups -OCH3 is 1. The lowest BCUT2D eigenvalue weighted by atomic mass is 10.0. The zero-order chi connectivity index (χ0) is 15.4. The van der Waals surface area contributed by atoms with Crippen LogP contribution < -0.4 is 10.1 Å². The standard InChI is InChI=1S/C17H19F2NO/c1-11(13-4-7-15(21-3)8-5-13)20-12(2)14-6-9-16(18)17(19)10-14/h4-12,20H,1-3H3/t11-,12?/m1/s1. The summed E-state index contributed by atoms with van der Waals surface area (Å²) in [5, 5.41) is 3.37. The van der Waals surface area contributed by atoms with Crippen LogP contribution in [0.4, 0.5) is 8.78 Å². The van der Waals surface area contributed by atoms with Gasteiger partial charge in [-0.15, -0.1) is 0 Å². The maximum Gasteiger partial charge on any atom is 0.159 e. The van der Waals surface area contributed by atoms with Crippen LogP contribution in [0.1, 0.15) is 37.1 Å². The molecule has 2 aromatic carbocycles. The van der Waals surface area contributed by atoms with Gasteiger partial charge in [-0.25, -0.2) is 8.78 Å². The number of nitrogens with one attached hydrogen (secondary N) is 1. The predicted octanol–water partition coefficient (Wildman–Crippen LogP) is 4.39. The van der Waals surface area contributed by atoms with Crippen molar-refractivity contribution >= 4 is 0 Å². The molecule has 2 nitrogen and oxygen atoms in total. The summed E-state index contributed by atoms with van der Waals surface area (Å²) in [6, 6.07) is 11.7. The van der Waals surface area contributed by atoms with Gasteiger partial charge in [0, 0.05) is 12.1 Å². The van der Waals surface area contributed by atoms with E-state index in [1.165, 1.54) is 6.07 Å². The second-order valence-electron chi connectivity index (χ2n) is 5.06. The lowest BCUT2D eigenvalue weighted by Gasteiger charge is -2.21. The number of hydrogen-bond donors (Lipinski definition) is 1. The van der Waals surface area contributed by atoms with E-state index in [2.05, 4.69) is 5.32 Å². The molecule has 2 atom stereocenters. The molecule has 1 N–H and O–H groups in total. The summed E-state index contributed by atoms with van der Waals surface area (Å²) in [6.45, 7) is 3.95. The summed E-state index contributed by atoms with van der Waals surface area (Å²) >= 11 is 0. The number of benzene rings is 2. The third-order valence-corrected chi connectivity index (χ3v) is 3.56. The maximum atomic E-state index is 13.3. The van der Waals surface area contributed by atoms with E-state index in [0.29, 0.717) is 5.56 Å². The summed E-state index contributed by atoms with van der Waals surface area (Å²) in [5.74, 6) is -0.841. The maximum absolute atomic E-state index is 13.3. The van der Waals surface area contributed by atoms with E-state index < -0.39 is 11.6 Å². The second-order valence-corrected chi connectivity index (χ2v) is 5.06. The van der Waals surface area contributed by atoms with E-state index in [9.17, 15) is 8.78 Å². The van der Waals surface area contributed by atoms with E-state index in [-0.39, 0.29) is 12.1 Å². The van der Waals surface area contributed by atoms with Crippen LogP contribution in [-0.2, 0) is 0 Å². The van der Waals surface area contributed by atoms with E-state index in [1.54, 1.807) is 13.2 Å². The first kappa shape index (κ1) is 15.4. The highest BCUT2D eigenvalue weighted by Crippen LogP contribution is 2.22. The minimum Gasteiger partial charge on any atom is -0.497 e. The molecule has 112 valence electrons. The van der Waals surface area contributed by atoms with Gasteiger partial charge < -0.3 is 10.1 Å². The Hall–Kier alpha value is -1.94. The van der Waals surface area contributed by atoms with Crippen molar-refractivity contribution in [3.63, 3.8) is 0 Å². The quantitative estimate of drug-likeness (QED) is 0.882. The highest BCUT2D eigenvalue weighted by atomic mass is 19.2. The summed E-state index contributed by atoms with van der Waals surface area (Å²) in [7, 11) is 1.63. The van der Waals surface area contributed by atoms with Crippen LogP contribution in [0.3, 0.4) is 0 Å². The fraction of sp³-hybridized carbons (Fsp3) is 0.294. The van der Waals surface area contributed by atoms with E-state index >= 15 is 0 Å². The van der Waals surface area contributed by atoms with Gasteiger partial charge >= 0.3 is 0 Å². The Bertz CT molecular complexity index is 598. The first-order valence-electron chi connectivity index (χ1n) is 6.86. The van der Waals surface area contributed by atoms with Crippen molar-refractivity contribution in [1.29, 1.82) is 0 Å². The molecule has 0 bridgehead atoms. The molecule has 0 aliphatic carbocycles. The molecule has 0 saturated heterocycles. The first-order chi connectivity index (χ1) is 10.0. The zero-order valence-corrected chi connectivity index (χ0v) is 12.4. The van der Waals surface area contributed by atoms with Crippen LogP contribution in [0, 0.1) is 11.6 Å². The van der Waals surface area contributed by atoms with Crippen molar-refractivity contribution in [3.8, 4) is 5.75 Å². The third kappa shape index (κ3) is 3.79. The lowest BCUT2D eigenvalue weighted by molar-refractivity contribution is 0.414. The van der Waals surface area contributed by atoms with E-state index in [4.69, 9.17) is 4.74 Å². The monoisotopic (exact) mass is 291 g/mol. The van der Waals surface area contributed by atoms with Gasteiger partial charge in [0.1, 0.15) is 5.75 Å². The topological polar surface area (TPSA) is 21.3 Å². The molecule has 0 heterocycles. The van der Waals surface area contributed by atoms with Crippen LogP contribution >= 0.6 is 0 Å². The van der Waals surface area contributed by atoms with Crippen molar-refractivity contribution in [1.82, 2.24) is 5.32 Å². The first-order valence-corrected chi connectivity index (χ1v) is 6.86. The van der Waals surface area contributed by atoms with Gasteiger partial charge in [0.25, 0.3) is 0 Å². The highest BCUT2D eigenvalue weighted by Gasteiger charge is 2.13. The highest BCUT2D eigenvalue weighted by molar-refractivity contribution is 5.29.